The molecule has 2 rings (SSSR count). The molecule has 2 aromatic rings. The van der Waals surface area contributed by atoms with Crippen molar-refractivity contribution in [2.45, 2.75) is 6.92 Å². The molecule has 0 aliphatic carbocycles. The summed E-state index contributed by atoms with van der Waals surface area (Å²) < 4.78 is 15.2. The van der Waals surface area contributed by atoms with Crippen molar-refractivity contribution in [3.8, 4) is 5.69 Å². The van der Waals surface area contributed by atoms with Crippen LogP contribution in [0.4, 0.5) is 10.1 Å². The summed E-state index contributed by atoms with van der Waals surface area (Å²) in [6.07, 6.45) is 4.60. The maximum absolute atomic E-state index is 13.6. The van der Waals surface area contributed by atoms with Crippen molar-refractivity contribution < 1.29 is 9.18 Å². The topological polar surface area (TPSA) is 47.2 Å². The van der Waals surface area contributed by atoms with Crippen LogP contribution in [0.3, 0.4) is 0 Å². The van der Waals surface area contributed by atoms with Crippen LogP contribution in [0.5, 0.6) is 0 Å². The van der Waals surface area contributed by atoms with Crippen LogP contribution in [0.25, 0.3) is 5.69 Å². The van der Waals surface area contributed by atoms with Gasteiger partial charge in [0, 0.05) is 12.3 Å². The molecular weight excluding hydrogens is 209 g/mol. The van der Waals surface area contributed by atoms with Gasteiger partial charge in [-0.1, -0.05) is 0 Å². The van der Waals surface area contributed by atoms with Gasteiger partial charge in [-0.3, -0.25) is 0 Å². The first kappa shape index (κ1) is 10.3. The Morgan fingerprint density at radius 2 is 2.31 bits per heavy atom. The van der Waals surface area contributed by atoms with E-state index < -0.39 is 5.82 Å². The molecule has 1 heterocycles. The summed E-state index contributed by atoms with van der Waals surface area (Å²) in [6.45, 7) is 1.82. The minimum atomic E-state index is -0.464. The lowest BCUT2D eigenvalue weighted by Crippen LogP contribution is -1.93. The van der Waals surface area contributed by atoms with Crippen molar-refractivity contribution in [1.29, 1.82) is 0 Å². The number of hydrogen-bond acceptors (Lipinski definition) is 3. The minimum Gasteiger partial charge on any atom is -0.303 e. The third kappa shape index (κ3) is 1.89. The number of carbonyl (C=O) groups excluding carboxylic acids is 1. The Morgan fingerprint density at radius 1 is 1.50 bits per heavy atom. The molecule has 0 aliphatic rings. The molecular formula is C11H8FN3O. The third-order valence-corrected chi connectivity index (χ3v) is 2.10. The number of isocyanates is 1. The molecule has 0 radical (unpaired) electrons. The number of aliphatic imine (C=N–C) groups is 1. The molecule has 16 heavy (non-hydrogen) atoms. The van der Waals surface area contributed by atoms with Crippen LogP contribution in [0.2, 0.25) is 0 Å². The van der Waals surface area contributed by atoms with Crippen LogP contribution in [0.1, 0.15) is 5.69 Å². The van der Waals surface area contributed by atoms with E-state index in [1.165, 1.54) is 24.5 Å². The van der Waals surface area contributed by atoms with Gasteiger partial charge in [-0.25, -0.2) is 14.2 Å². The van der Waals surface area contributed by atoms with Gasteiger partial charge in [0.1, 0.15) is 5.82 Å². The summed E-state index contributed by atoms with van der Waals surface area (Å²) >= 11 is 0. The van der Waals surface area contributed by atoms with Crippen molar-refractivity contribution in [1.82, 2.24) is 9.55 Å². The summed E-state index contributed by atoms with van der Waals surface area (Å²) in [4.78, 5) is 17.4. The van der Waals surface area contributed by atoms with E-state index in [1.807, 2.05) is 6.92 Å². The predicted octanol–water partition coefficient (Wildman–Crippen LogP) is 2.29. The van der Waals surface area contributed by atoms with Crippen molar-refractivity contribution in [3.63, 3.8) is 0 Å². The highest BCUT2D eigenvalue weighted by molar-refractivity contribution is 5.52. The highest BCUT2D eigenvalue weighted by Crippen LogP contribution is 2.19. The largest absolute Gasteiger partial charge is 0.303 e. The monoisotopic (exact) mass is 217 g/mol. The van der Waals surface area contributed by atoms with Gasteiger partial charge >= 0.3 is 0 Å². The van der Waals surface area contributed by atoms with E-state index >= 15 is 0 Å². The number of aryl methyl sites for hydroxylation is 1. The third-order valence-electron chi connectivity index (χ3n) is 2.10. The van der Waals surface area contributed by atoms with Crippen LogP contribution in [-0.2, 0) is 4.79 Å². The highest BCUT2D eigenvalue weighted by atomic mass is 19.1. The maximum atomic E-state index is 13.6. The number of benzene rings is 1. The molecule has 0 atom stereocenters. The molecule has 4 nitrogen and oxygen atoms in total. The molecule has 0 aliphatic heterocycles. The second-order valence-electron chi connectivity index (χ2n) is 3.26. The van der Waals surface area contributed by atoms with Gasteiger partial charge in [0.25, 0.3) is 0 Å². The minimum absolute atomic E-state index is 0.244. The Kier molecular flexibility index (Phi) is 2.62. The van der Waals surface area contributed by atoms with Crippen LogP contribution >= 0.6 is 0 Å². The zero-order valence-corrected chi connectivity index (χ0v) is 8.51. The molecule has 1 aromatic heterocycles. The van der Waals surface area contributed by atoms with E-state index in [4.69, 9.17) is 0 Å². The number of nitrogens with zero attached hydrogens (tertiary/aromatic N) is 3. The van der Waals surface area contributed by atoms with E-state index in [0.717, 1.165) is 5.69 Å². The average molecular weight is 217 g/mol. The lowest BCUT2D eigenvalue weighted by Gasteiger charge is -2.03. The summed E-state index contributed by atoms with van der Waals surface area (Å²) in [5, 5.41) is 0. The molecule has 80 valence electrons. The Balaban J connectivity index is 2.47. The Morgan fingerprint density at radius 3 is 2.88 bits per heavy atom. The summed E-state index contributed by atoms with van der Waals surface area (Å²) in [6, 6.07) is 4.25. The normalized spacial score (nSPS) is 9.88. The van der Waals surface area contributed by atoms with Gasteiger partial charge in [-0.15, -0.1) is 0 Å². The van der Waals surface area contributed by atoms with Gasteiger partial charge in [-0.2, -0.15) is 4.99 Å². The average Bonchev–Trinajstić information content (AvgIpc) is 2.65. The molecule has 0 amide bonds. The van der Waals surface area contributed by atoms with Crippen molar-refractivity contribution >= 4 is 11.8 Å². The summed E-state index contributed by atoms with van der Waals surface area (Å²) in [5.41, 5.74) is 1.41. The van der Waals surface area contributed by atoms with Gasteiger partial charge in [0.15, 0.2) is 0 Å². The first-order chi connectivity index (χ1) is 7.70. The van der Waals surface area contributed by atoms with Crippen molar-refractivity contribution in [2.24, 2.45) is 4.99 Å². The maximum Gasteiger partial charge on any atom is 0.240 e. The second-order valence-corrected chi connectivity index (χ2v) is 3.26. The molecule has 0 saturated carbocycles. The van der Waals surface area contributed by atoms with E-state index in [2.05, 4.69) is 9.98 Å². The van der Waals surface area contributed by atoms with Gasteiger partial charge in [0.05, 0.1) is 23.4 Å². The van der Waals surface area contributed by atoms with Crippen LogP contribution < -0.4 is 0 Å². The van der Waals surface area contributed by atoms with Crippen LogP contribution in [0, 0.1) is 12.7 Å². The Hall–Kier alpha value is -2.26. The number of imidazole rings is 1. The number of aromatic nitrogens is 2. The van der Waals surface area contributed by atoms with E-state index in [1.54, 1.807) is 16.8 Å². The van der Waals surface area contributed by atoms with E-state index in [9.17, 15) is 9.18 Å². The van der Waals surface area contributed by atoms with Gasteiger partial charge in [0.2, 0.25) is 6.08 Å². The molecule has 0 spiro atoms. The zero-order chi connectivity index (χ0) is 11.5. The van der Waals surface area contributed by atoms with Gasteiger partial charge in [-0.05, 0) is 19.1 Å². The van der Waals surface area contributed by atoms with Crippen LogP contribution in [0.15, 0.2) is 35.7 Å². The number of hydrogen-bond donors (Lipinski definition) is 0. The smallest absolute Gasteiger partial charge is 0.240 e. The quantitative estimate of drug-likeness (QED) is 0.572. The molecule has 0 unspecified atom stereocenters. The summed E-state index contributed by atoms with van der Waals surface area (Å²) in [5.74, 6) is -0.464. The zero-order valence-electron chi connectivity index (χ0n) is 8.51. The Bertz CT molecular complexity index is 570. The van der Waals surface area contributed by atoms with E-state index in [-0.39, 0.29) is 5.69 Å². The SMILES string of the molecule is Cc1cn(-c2ccc(N=C=O)cc2F)cn1. The van der Waals surface area contributed by atoms with Crippen molar-refractivity contribution in [3.05, 3.63) is 42.2 Å². The standard InChI is InChI=1S/C11H8FN3O/c1-8-5-15(6-13-8)11-3-2-9(14-7-16)4-10(11)12/h2-6H,1H3. The lowest BCUT2D eigenvalue weighted by molar-refractivity contribution is 0.565. The molecule has 0 saturated heterocycles. The fraction of sp³-hybridized carbons (Fsp3) is 0.0909. The fourth-order valence-corrected chi connectivity index (χ4v) is 1.38. The molecule has 0 bridgehead atoms. The predicted molar refractivity (Wildman–Crippen MR) is 56.0 cm³/mol. The van der Waals surface area contributed by atoms with Crippen molar-refractivity contribution in [2.75, 3.05) is 0 Å². The van der Waals surface area contributed by atoms with Crippen LogP contribution in [-0.4, -0.2) is 15.6 Å². The summed E-state index contributed by atoms with van der Waals surface area (Å²) in [7, 11) is 0. The lowest BCUT2D eigenvalue weighted by atomic mass is 10.2. The number of rotatable bonds is 2. The molecule has 1 aromatic carbocycles. The molecule has 0 fully saturated rings. The molecule has 0 N–H and O–H groups in total. The number of halogens is 1. The Labute approximate surface area is 91.1 Å². The first-order valence-electron chi connectivity index (χ1n) is 4.59. The van der Waals surface area contributed by atoms with E-state index in [0.29, 0.717) is 5.69 Å². The fourth-order valence-electron chi connectivity index (χ4n) is 1.38. The molecule has 5 heteroatoms. The highest BCUT2D eigenvalue weighted by Gasteiger charge is 2.05. The second kappa shape index (κ2) is 4.08. The first-order valence-corrected chi connectivity index (χ1v) is 4.59. The van der Waals surface area contributed by atoms with Gasteiger partial charge < -0.3 is 4.57 Å².